The molecule has 0 radical (unpaired) electrons. The fourth-order valence-corrected chi connectivity index (χ4v) is 7.52. The van der Waals surface area contributed by atoms with E-state index in [4.69, 9.17) is 15.0 Å². The Morgan fingerprint density at radius 3 is 1.37 bits per heavy atom. The summed E-state index contributed by atoms with van der Waals surface area (Å²) < 4.78 is 0. The van der Waals surface area contributed by atoms with Crippen molar-refractivity contribution in [2.75, 3.05) is 0 Å². The lowest BCUT2D eigenvalue weighted by Gasteiger charge is -2.14. The molecule has 252 valence electrons. The summed E-state index contributed by atoms with van der Waals surface area (Å²) in [5.74, 6) is 1.92. The number of benzene rings is 9. The summed E-state index contributed by atoms with van der Waals surface area (Å²) in [6.45, 7) is 0. The molecule has 0 bridgehead atoms. The second-order valence-electron chi connectivity index (χ2n) is 13.7. The molecule has 10 rings (SSSR count). The minimum absolute atomic E-state index is 0.639. The van der Waals surface area contributed by atoms with Crippen molar-refractivity contribution < 1.29 is 0 Å². The molecule has 0 atom stereocenters. The molecule has 3 heteroatoms. The summed E-state index contributed by atoms with van der Waals surface area (Å²) >= 11 is 0. The monoisotopic (exact) mass is 687 g/mol. The molecule has 0 unspecified atom stereocenters. The zero-order valence-electron chi connectivity index (χ0n) is 29.4. The van der Waals surface area contributed by atoms with Crippen LogP contribution in [0.25, 0.3) is 99.9 Å². The molecule has 0 spiro atoms. The van der Waals surface area contributed by atoms with Gasteiger partial charge in [-0.25, -0.2) is 15.0 Å². The van der Waals surface area contributed by atoms with Crippen molar-refractivity contribution in [1.29, 1.82) is 0 Å². The van der Waals surface area contributed by atoms with Crippen LogP contribution in [-0.2, 0) is 0 Å². The van der Waals surface area contributed by atoms with Crippen LogP contribution in [0.2, 0.25) is 0 Å². The van der Waals surface area contributed by atoms with Crippen LogP contribution in [-0.4, -0.2) is 15.0 Å². The van der Waals surface area contributed by atoms with E-state index in [9.17, 15) is 0 Å². The van der Waals surface area contributed by atoms with Crippen molar-refractivity contribution in [2.45, 2.75) is 0 Å². The smallest absolute Gasteiger partial charge is 0.164 e. The maximum Gasteiger partial charge on any atom is 0.164 e. The minimum Gasteiger partial charge on any atom is -0.208 e. The van der Waals surface area contributed by atoms with E-state index in [1.807, 2.05) is 24.3 Å². The van der Waals surface area contributed by atoms with Crippen LogP contribution in [0.1, 0.15) is 0 Å². The summed E-state index contributed by atoms with van der Waals surface area (Å²) in [7, 11) is 0. The van der Waals surface area contributed by atoms with Crippen LogP contribution in [0.15, 0.2) is 200 Å². The van der Waals surface area contributed by atoms with E-state index >= 15 is 0 Å². The van der Waals surface area contributed by atoms with Gasteiger partial charge < -0.3 is 0 Å². The molecule has 0 saturated heterocycles. The van der Waals surface area contributed by atoms with Gasteiger partial charge in [0.2, 0.25) is 0 Å². The van der Waals surface area contributed by atoms with Gasteiger partial charge in [-0.05, 0) is 90.0 Å². The first-order valence-electron chi connectivity index (χ1n) is 18.3. The molecule has 0 aliphatic rings. The number of aromatic nitrogens is 3. The SMILES string of the molecule is c1ccc(-c2ccc(-c3ccc4cc(-c5nc(-c6ccccc6)nc(-c6cc(-c7cccc8ccccc78)c7ccccc7c6)n5)ccc4c3)cc2)cc1. The molecular weight excluding hydrogens is 655 g/mol. The first-order chi connectivity index (χ1) is 26.7. The van der Waals surface area contributed by atoms with E-state index in [1.165, 1.54) is 44.0 Å². The van der Waals surface area contributed by atoms with Gasteiger partial charge in [0.25, 0.3) is 0 Å². The lowest BCUT2D eigenvalue weighted by molar-refractivity contribution is 1.08. The lowest BCUT2D eigenvalue weighted by Crippen LogP contribution is -2.00. The van der Waals surface area contributed by atoms with Crippen LogP contribution in [0.4, 0.5) is 0 Å². The van der Waals surface area contributed by atoms with Gasteiger partial charge in [-0.1, -0.05) is 176 Å². The first kappa shape index (κ1) is 31.5. The van der Waals surface area contributed by atoms with Crippen LogP contribution >= 0.6 is 0 Å². The zero-order valence-corrected chi connectivity index (χ0v) is 29.4. The van der Waals surface area contributed by atoms with E-state index in [1.54, 1.807) is 0 Å². The van der Waals surface area contributed by atoms with Crippen LogP contribution < -0.4 is 0 Å². The van der Waals surface area contributed by atoms with Crippen molar-refractivity contribution >= 4 is 32.3 Å². The average molecular weight is 688 g/mol. The van der Waals surface area contributed by atoms with Crippen molar-refractivity contribution in [3.05, 3.63) is 200 Å². The minimum atomic E-state index is 0.639. The Kier molecular flexibility index (Phi) is 7.81. The summed E-state index contributed by atoms with van der Waals surface area (Å²) in [5.41, 5.74) is 9.98. The molecule has 1 aromatic heterocycles. The Bertz CT molecular complexity index is 2970. The molecule has 0 saturated carbocycles. The Morgan fingerprint density at radius 2 is 0.667 bits per heavy atom. The zero-order chi connectivity index (χ0) is 35.8. The highest BCUT2D eigenvalue weighted by atomic mass is 15.0. The summed E-state index contributed by atoms with van der Waals surface area (Å²) in [4.78, 5) is 15.4. The molecule has 3 nitrogen and oxygen atoms in total. The molecule has 0 fully saturated rings. The van der Waals surface area contributed by atoms with Gasteiger partial charge in [-0.15, -0.1) is 0 Å². The molecule has 54 heavy (non-hydrogen) atoms. The third-order valence-corrected chi connectivity index (χ3v) is 10.3. The molecule has 10 aromatic rings. The van der Waals surface area contributed by atoms with E-state index in [-0.39, 0.29) is 0 Å². The third-order valence-electron chi connectivity index (χ3n) is 10.3. The Morgan fingerprint density at radius 1 is 0.222 bits per heavy atom. The van der Waals surface area contributed by atoms with E-state index in [0.29, 0.717) is 17.5 Å². The highest BCUT2D eigenvalue weighted by Gasteiger charge is 2.16. The standard InChI is InChI=1S/C51H33N3/c1-3-12-34(13-4-1)35-22-24-36(25-23-35)39-26-27-41-31-43(29-28-40(41)30-39)50-52-49(38-15-5-2-6-16-38)53-51(54-50)44-32-42-17-8-10-20-46(42)48(33-44)47-21-11-18-37-14-7-9-19-45(37)47/h1-33H. The lowest BCUT2D eigenvalue weighted by atomic mass is 9.92. The van der Waals surface area contributed by atoms with Gasteiger partial charge >= 0.3 is 0 Å². The number of rotatable bonds is 6. The van der Waals surface area contributed by atoms with Crippen LogP contribution in [0.5, 0.6) is 0 Å². The highest BCUT2D eigenvalue weighted by molar-refractivity contribution is 6.07. The van der Waals surface area contributed by atoms with Crippen molar-refractivity contribution in [3.63, 3.8) is 0 Å². The van der Waals surface area contributed by atoms with Gasteiger partial charge in [0, 0.05) is 16.7 Å². The quantitative estimate of drug-likeness (QED) is 0.175. The Labute approximate surface area is 313 Å². The van der Waals surface area contributed by atoms with Crippen molar-refractivity contribution in [3.8, 4) is 67.5 Å². The van der Waals surface area contributed by atoms with Gasteiger partial charge in [-0.3, -0.25) is 0 Å². The molecule has 1 heterocycles. The molecular formula is C51H33N3. The summed E-state index contributed by atoms with van der Waals surface area (Å²) in [5, 5.41) is 7.04. The highest BCUT2D eigenvalue weighted by Crippen LogP contribution is 2.38. The predicted molar refractivity (Wildman–Crippen MR) is 225 cm³/mol. The normalized spacial score (nSPS) is 11.3. The summed E-state index contributed by atoms with van der Waals surface area (Å²) in [6.07, 6.45) is 0. The average Bonchev–Trinajstić information content (AvgIpc) is 3.26. The topological polar surface area (TPSA) is 38.7 Å². The predicted octanol–water partition coefficient (Wildman–Crippen LogP) is 13.3. The second kappa shape index (κ2) is 13.4. The van der Waals surface area contributed by atoms with E-state index in [0.717, 1.165) is 38.4 Å². The van der Waals surface area contributed by atoms with Crippen LogP contribution in [0, 0.1) is 0 Å². The van der Waals surface area contributed by atoms with Crippen molar-refractivity contribution in [1.82, 2.24) is 15.0 Å². The number of hydrogen-bond donors (Lipinski definition) is 0. The van der Waals surface area contributed by atoms with E-state index in [2.05, 4.69) is 176 Å². The Balaban J connectivity index is 1.08. The molecule has 0 amide bonds. The Hall–Kier alpha value is -7.23. The van der Waals surface area contributed by atoms with Gasteiger partial charge in [0.15, 0.2) is 17.5 Å². The molecule has 9 aromatic carbocycles. The second-order valence-corrected chi connectivity index (χ2v) is 13.7. The van der Waals surface area contributed by atoms with Gasteiger partial charge in [0.1, 0.15) is 0 Å². The first-order valence-corrected chi connectivity index (χ1v) is 18.3. The van der Waals surface area contributed by atoms with Gasteiger partial charge in [-0.2, -0.15) is 0 Å². The summed E-state index contributed by atoms with van der Waals surface area (Å²) in [6, 6.07) is 70.7. The maximum absolute atomic E-state index is 5.19. The largest absolute Gasteiger partial charge is 0.208 e. The van der Waals surface area contributed by atoms with E-state index < -0.39 is 0 Å². The molecule has 0 aliphatic carbocycles. The molecule has 0 aliphatic heterocycles. The third kappa shape index (κ3) is 5.88. The van der Waals surface area contributed by atoms with Crippen LogP contribution in [0.3, 0.4) is 0 Å². The fraction of sp³-hybridized carbons (Fsp3) is 0. The van der Waals surface area contributed by atoms with Crippen molar-refractivity contribution in [2.24, 2.45) is 0 Å². The maximum atomic E-state index is 5.19. The number of hydrogen-bond acceptors (Lipinski definition) is 3. The van der Waals surface area contributed by atoms with Gasteiger partial charge in [0.05, 0.1) is 0 Å². The fourth-order valence-electron chi connectivity index (χ4n) is 7.52. The number of nitrogens with zero attached hydrogens (tertiary/aromatic N) is 3. The number of fused-ring (bicyclic) bond motifs is 3. The molecule has 0 N–H and O–H groups in total.